The molecule has 0 radical (unpaired) electrons. The van der Waals surface area contributed by atoms with Crippen molar-refractivity contribution < 1.29 is 15.6 Å². The van der Waals surface area contributed by atoms with Gasteiger partial charge in [0.2, 0.25) is 0 Å². The van der Waals surface area contributed by atoms with Gasteiger partial charge in [0.05, 0.1) is 13.9 Å². The average Bonchev–Trinajstić information content (AvgIpc) is 2.35. The molecule has 2 saturated heterocycles. The summed E-state index contributed by atoms with van der Waals surface area (Å²) in [5.41, 5.74) is 0. The molecule has 0 aromatic carbocycles. The van der Waals surface area contributed by atoms with Crippen molar-refractivity contribution in [1.29, 1.82) is 0 Å². The number of hydrogen-bond donors (Lipinski definition) is 0. The van der Waals surface area contributed by atoms with Crippen LogP contribution in [-0.4, -0.2) is 25.3 Å². The SMILES string of the molecule is [2H]C12OCCC1C(=O)CO2. The Kier molecular flexibility index (Phi) is 0.875. The summed E-state index contributed by atoms with van der Waals surface area (Å²) in [5, 5.41) is 0. The highest BCUT2D eigenvalue weighted by Crippen LogP contribution is 2.27. The highest BCUT2D eigenvalue weighted by molar-refractivity contribution is 5.84. The molecule has 3 nitrogen and oxygen atoms in total. The lowest BCUT2D eigenvalue weighted by Crippen LogP contribution is -2.13. The number of Topliss-reactive ketones (excluding diaryl/α,β-unsaturated/α-hetero) is 1. The number of ketones is 1. The van der Waals surface area contributed by atoms with Gasteiger partial charge in [-0.15, -0.1) is 0 Å². The molecule has 2 atom stereocenters. The van der Waals surface area contributed by atoms with Crippen LogP contribution < -0.4 is 0 Å². The molecule has 0 spiro atoms. The fraction of sp³-hybridized carbons (Fsp3) is 0.833. The van der Waals surface area contributed by atoms with E-state index < -0.39 is 6.27 Å². The number of carbonyl (C=O) groups excluding carboxylic acids is 1. The smallest absolute Gasteiger partial charge is 0.168 e. The maximum atomic E-state index is 10.9. The van der Waals surface area contributed by atoms with Gasteiger partial charge in [-0.25, -0.2) is 0 Å². The normalized spacial score (nSPS) is 51.3. The second-order valence-corrected chi connectivity index (χ2v) is 2.26. The number of rotatable bonds is 0. The molecule has 2 unspecified atom stereocenters. The lowest BCUT2D eigenvalue weighted by Gasteiger charge is -2.02. The maximum absolute atomic E-state index is 10.9. The van der Waals surface area contributed by atoms with Gasteiger partial charge in [0.1, 0.15) is 6.61 Å². The van der Waals surface area contributed by atoms with E-state index in [4.69, 9.17) is 10.8 Å². The third kappa shape index (κ3) is 0.686. The summed E-state index contributed by atoms with van der Waals surface area (Å²) in [4.78, 5) is 10.9. The Morgan fingerprint density at radius 2 is 2.56 bits per heavy atom. The van der Waals surface area contributed by atoms with Gasteiger partial charge in [0.15, 0.2) is 12.0 Å². The van der Waals surface area contributed by atoms with Crippen LogP contribution in [0.3, 0.4) is 0 Å². The third-order valence-corrected chi connectivity index (χ3v) is 1.68. The van der Waals surface area contributed by atoms with Crippen molar-refractivity contribution in [3.63, 3.8) is 0 Å². The van der Waals surface area contributed by atoms with E-state index >= 15 is 0 Å². The van der Waals surface area contributed by atoms with E-state index in [2.05, 4.69) is 0 Å². The van der Waals surface area contributed by atoms with Crippen molar-refractivity contribution in [3.8, 4) is 0 Å². The minimum atomic E-state index is -1.32. The summed E-state index contributed by atoms with van der Waals surface area (Å²) in [7, 11) is 0. The number of fused-ring (bicyclic) bond motifs is 1. The molecule has 0 amide bonds. The third-order valence-electron chi connectivity index (χ3n) is 1.68. The highest BCUT2D eigenvalue weighted by Gasteiger charge is 2.40. The maximum Gasteiger partial charge on any atom is 0.168 e. The molecular weight excluding hydrogens is 120 g/mol. The molecule has 0 aromatic heterocycles. The molecule has 9 heavy (non-hydrogen) atoms. The van der Waals surface area contributed by atoms with Gasteiger partial charge in [0.25, 0.3) is 0 Å². The fourth-order valence-corrected chi connectivity index (χ4v) is 1.17. The van der Waals surface area contributed by atoms with Gasteiger partial charge in [-0.2, -0.15) is 0 Å². The van der Waals surface area contributed by atoms with Crippen molar-refractivity contribution in [2.45, 2.75) is 12.7 Å². The lowest BCUT2D eigenvalue weighted by atomic mass is 10.1. The first-order valence-corrected chi connectivity index (χ1v) is 3.03. The van der Waals surface area contributed by atoms with Crippen LogP contribution in [0.25, 0.3) is 0 Å². The quantitative estimate of drug-likeness (QED) is 0.460. The second-order valence-electron chi connectivity index (χ2n) is 2.26. The van der Waals surface area contributed by atoms with E-state index in [0.29, 0.717) is 13.0 Å². The summed E-state index contributed by atoms with van der Waals surface area (Å²) in [6, 6.07) is 0. The summed E-state index contributed by atoms with van der Waals surface area (Å²) < 4.78 is 17.3. The van der Waals surface area contributed by atoms with Crippen molar-refractivity contribution >= 4 is 5.78 Å². The Balaban J connectivity index is 2.27. The molecule has 2 aliphatic heterocycles. The molecule has 0 N–H and O–H groups in total. The standard InChI is InChI=1S/C6H8O3/c7-5-3-9-6-4(5)1-2-8-6/h4,6H,1-3H2/i6D. The topological polar surface area (TPSA) is 35.5 Å². The van der Waals surface area contributed by atoms with E-state index in [1.807, 2.05) is 0 Å². The molecule has 2 heterocycles. The molecule has 0 aromatic rings. The van der Waals surface area contributed by atoms with Gasteiger partial charge >= 0.3 is 0 Å². The number of carbonyl (C=O) groups is 1. The molecule has 0 aliphatic carbocycles. The van der Waals surface area contributed by atoms with Gasteiger partial charge in [-0.1, -0.05) is 0 Å². The van der Waals surface area contributed by atoms with Gasteiger partial charge in [0, 0.05) is 0 Å². The number of ether oxygens (including phenoxy) is 2. The minimum absolute atomic E-state index is 0.00694. The molecule has 3 heteroatoms. The first-order chi connectivity index (χ1) is 4.72. The van der Waals surface area contributed by atoms with Crippen LogP contribution in [0.4, 0.5) is 0 Å². The first kappa shape index (κ1) is 4.41. The molecule has 0 saturated carbocycles. The van der Waals surface area contributed by atoms with Crippen LogP contribution in [0, 0.1) is 5.92 Å². The van der Waals surface area contributed by atoms with Crippen molar-refractivity contribution in [2.24, 2.45) is 5.92 Å². The Hall–Kier alpha value is -0.410. The lowest BCUT2D eigenvalue weighted by molar-refractivity contribution is -0.120. The largest absolute Gasteiger partial charge is 0.352 e. The van der Waals surface area contributed by atoms with Crippen molar-refractivity contribution in [1.82, 2.24) is 0 Å². The highest BCUT2D eigenvalue weighted by atomic mass is 16.7. The van der Waals surface area contributed by atoms with Crippen LogP contribution in [0.1, 0.15) is 7.79 Å². The molecule has 2 fully saturated rings. The van der Waals surface area contributed by atoms with E-state index in [1.54, 1.807) is 0 Å². The molecule has 0 bridgehead atoms. The molecular formula is C6H8O3. The van der Waals surface area contributed by atoms with E-state index in [9.17, 15) is 4.79 Å². The summed E-state index contributed by atoms with van der Waals surface area (Å²) >= 11 is 0. The zero-order valence-corrected chi connectivity index (χ0v) is 4.92. The summed E-state index contributed by atoms with van der Waals surface area (Å²) in [6.45, 7) is 0.522. The zero-order chi connectivity index (χ0) is 7.19. The summed E-state index contributed by atoms with van der Waals surface area (Å²) in [5.74, 6) is -0.319. The van der Waals surface area contributed by atoms with Crippen LogP contribution >= 0.6 is 0 Å². The van der Waals surface area contributed by atoms with Crippen LogP contribution in [0.15, 0.2) is 0 Å². The second kappa shape index (κ2) is 1.78. The van der Waals surface area contributed by atoms with Gasteiger partial charge in [-0.05, 0) is 6.42 Å². The zero-order valence-electron chi connectivity index (χ0n) is 5.92. The Labute approximate surface area is 54.3 Å². The molecule has 2 rings (SSSR count). The summed E-state index contributed by atoms with van der Waals surface area (Å²) in [6.07, 6.45) is -0.681. The predicted octanol–water partition coefficient (Wildman–Crippen LogP) is -0.0517. The Morgan fingerprint density at radius 3 is 3.33 bits per heavy atom. The molecule has 2 aliphatic rings. The monoisotopic (exact) mass is 129 g/mol. The first-order valence-electron chi connectivity index (χ1n) is 3.53. The van der Waals surface area contributed by atoms with Crippen molar-refractivity contribution in [2.75, 3.05) is 13.2 Å². The average molecular weight is 129 g/mol. The predicted molar refractivity (Wildman–Crippen MR) is 28.8 cm³/mol. The molecule has 50 valence electrons. The van der Waals surface area contributed by atoms with E-state index in [-0.39, 0.29) is 18.3 Å². The van der Waals surface area contributed by atoms with Crippen LogP contribution in [0.5, 0.6) is 0 Å². The van der Waals surface area contributed by atoms with Gasteiger partial charge < -0.3 is 9.47 Å². The van der Waals surface area contributed by atoms with Gasteiger partial charge in [-0.3, -0.25) is 4.79 Å². The van der Waals surface area contributed by atoms with E-state index in [1.165, 1.54) is 0 Å². The fourth-order valence-electron chi connectivity index (χ4n) is 1.17. The van der Waals surface area contributed by atoms with Crippen molar-refractivity contribution in [3.05, 3.63) is 0 Å². The van der Waals surface area contributed by atoms with Crippen LogP contribution in [0.2, 0.25) is 0 Å². The number of hydrogen-bond acceptors (Lipinski definition) is 3. The minimum Gasteiger partial charge on any atom is -0.352 e. The van der Waals surface area contributed by atoms with Crippen LogP contribution in [-0.2, 0) is 14.3 Å². The van der Waals surface area contributed by atoms with E-state index in [0.717, 1.165) is 0 Å². The Morgan fingerprint density at radius 1 is 1.67 bits per heavy atom. The Bertz CT molecular complexity index is 182.